The van der Waals surface area contributed by atoms with Crippen molar-refractivity contribution in [3.63, 3.8) is 0 Å². The van der Waals surface area contributed by atoms with Gasteiger partial charge in [0.2, 0.25) is 5.76 Å². The Balaban J connectivity index is 3.00. The van der Waals surface area contributed by atoms with Crippen LogP contribution in [0.5, 0.6) is 0 Å². The standard InChI is InChI=1S/C14H24N2O2/c1-6-8-16(9-7-2)14(17)13-12(10(3)4)15-11(5)18-13/h10H,6-9H2,1-5H3. The maximum absolute atomic E-state index is 12.5. The molecular weight excluding hydrogens is 228 g/mol. The molecule has 1 heterocycles. The molecule has 4 nitrogen and oxygen atoms in total. The van der Waals surface area contributed by atoms with Crippen LogP contribution in [-0.4, -0.2) is 28.9 Å². The Bertz CT molecular complexity index is 390. The summed E-state index contributed by atoms with van der Waals surface area (Å²) in [6.07, 6.45) is 1.91. The van der Waals surface area contributed by atoms with Crippen LogP contribution >= 0.6 is 0 Å². The minimum absolute atomic E-state index is 0.0250. The van der Waals surface area contributed by atoms with E-state index in [4.69, 9.17) is 4.42 Å². The van der Waals surface area contributed by atoms with Gasteiger partial charge in [-0.15, -0.1) is 0 Å². The number of nitrogens with zero attached hydrogens (tertiary/aromatic N) is 2. The fraction of sp³-hybridized carbons (Fsp3) is 0.714. The molecule has 1 amide bonds. The molecule has 0 N–H and O–H groups in total. The van der Waals surface area contributed by atoms with E-state index in [1.807, 2.05) is 18.7 Å². The predicted molar refractivity (Wildman–Crippen MR) is 71.8 cm³/mol. The summed E-state index contributed by atoms with van der Waals surface area (Å²) in [5.41, 5.74) is 0.773. The maximum atomic E-state index is 12.5. The fourth-order valence-corrected chi connectivity index (χ4v) is 1.99. The number of hydrogen-bond acceptors (Lipinski definition) is 3. The Kier molecular flexibility index (Phi) is 5.38. The van der Waals surface area contributed by atoms with Crippen molar-refractivity contribution >= 4 is 5.91 Å². The van der Waals surface area contributed by atoms with E-state index >= 15 is 0 Å². The van der Waals surface area contributed by atoms with Gasteiger partial charge in [-0.1, -0.05) is 27.7 Å². The van der Waals surface area contributed by atoms with Crippen LogP contribution in [0.4, 0.5) is 0 Å². The average molecular weight is 252 g/mol. The second kappa shape index (κ2) is 6.57. The minimum Gasteiger partial charge on any atom is -0.436 e. The highest BCUT2D eigenvalue weighted by atomic mass is 16.4. The van der Waals surface area contributed by atoms with Crippen LogP contribution in [0, 0.1) is 6.92 Å². The third-order valence-corrected chi connectivity index (χ3v) is 2.78. The van der Waals surface area contributed by atoms with Gasteiger partial charge in [0.15, 0.2) is 5.89 Å². The van der Waals surface area contributed by atoms with Crippen LogP contribution in [0.15, 0.2) is 4.42 Å². The smallest absolute Gasteiger partial charge is 0.291 e. The Morgan fingerprint density at radius 3 is 2.28 bits per heavy atom. The van der Waals surface area contributed by atoms with Gasteiger partial charge in [-0.25, -0.2) is 4.98 Å². The van der Waals surface area contributed by atoms with E-state index in [-0.39, 0.29) is 11.8 Å². The molecule has 0 aliphatic heterocycles. The molecule has 1 rings (SSSR count). The zero-order valence-electron chi connectivity index (χ0n) is 12.1. The number of hydrogen-bond donors (Lipinski definition) is 0. The number of carbonyl (C=O) groups excluding carboxylic acids is 1. The van der Waals surface area contributed by atoms with Crippen LogP contribution in [0.25, 0.3) is 0 Å². The highest BCUT2D eigenvalue weighted by Crippen LogP contribution is 2.21. The van der Waals surface area contributed by atoms with Crippen LogP contribution in [-0.2, 0) is 0 Å². The number of oxazole rings is 1. The molecule has 0 aliphatic carbocycles. The molecular formula is C14H24N2O2. The van der Waals surface area contributed by atoms with E-state index in [2.05, 4.69) is 18.8 Å². The highest BCUT2D eigenvalue weighted by molar-refractivity contribution is 5.92. The van der Waals surface area contributed by atoms with Crippen LogP contribution in [0.2, 0.25) is 0 Å². The van der Waals surface area contributed by atoms with Crippen molar-refractivity contribution in [2.45, 2.75) is 53.4 Å². The topological polar surface area (TPSA) is 46.3 Å². The first-order chi connectivity index (χ1) is 8.51. The zero-order chi connectivity index (χ0) is 13.7. The van der Waals surface area contributed by atoms with Gasteiger partial charge in [0.1, 0.15) is 0 Å². The summed E-state index contributed by atoms with van der Waals surface area (Å²) in [6.45, 7) is 11.5. The van der Waals surface area contributed by atoms with Gasteiger partial charge >= 0.3 is 0 Å². The van der Waals surface area contributed by atoms with Crippen LogP contribution in [0.1, 0.15) is 68.6 Å². The zero-order valence-corrected chi connectivity index (χ0v) is 12.1. The van der Waals surface area contributed by atoms with Crippen molar-refractivity contribution in [2.75, 3.05) is 13.1 Å². The van der Waals surface area contributed by atoms with E-state index < -0.39 is 0 Å². The summed E-state index contributed by atoms with van der Waals surface area (Å²) < 4.78 is 5.51. The number of aryl methyl sites for hydroxylation is 1. The quantitative estimate of drug-likeness (QED) is 0.779. The predicted octanol–water partition coefficient (Wildman–Crippen LogP) is 3.37. The lowest BCUT2D eigenvalue weighted by Crippen LogP contribution is -2.32. The molecule has 0 saturated heterocycles. The third kappa shape index (κ3) is 3.34. The molecule has 0 aliphatic rings. The highest BCUT2D eigenvalue weighted by Gasteiger charge is 2.24. The van der Waals surface area contributed by atoms with Gasteiger partial charge in [-0.3, -0.25) is 4.79 Å². The van der Waals surface area contributed by atoms with E-state index in [0.29, 0.717) is 11.7 Å². The SMILES string of the molecule is CCCN(CCC)C(=O)c1oc(C)nc1C(C)C. The summed E-state index contributed by atoms with van der Waals surface area (Å²) in [7, 11) is 0. The lowest BCUT2D eigenvalue weighted by atomic mass is 10.1. The third-order valence-electron chi connectivity index (χ3n) is 2.78. The number of amides is 1. The molecule has 0 radical (unpaired) electrons. The van der Waals surface area contributed by atoms with E-state index in [9.17, 15) is 4.79 Å². The minimum atomic E-state index is -0.0250. The summed E-state index contributed by atoms with van der Waals surface area (Å²) in [4.78, 5) is 18.6. The Morgan fingerprint density at radius 2 is 1.83 bits per heavy atom. The van der Waals surface area contributed by atoms with Crippen molar-refractivity contribution in [2.24, 2.45) is 0 Å². The van der Waals surface area contributed by atoms with Crippen LogP contribution < -0.4 is 0 Å². The van der Waals surface area contributed by atoms with Gasteiger partial charge in [0, 0.05) is 20.0 Å². The van der Waals surface area contributed by atoms with Crippen molar-refractivity contribution in [3.8, 4) is 0 Å². The normalized spacial score (nSPS) is 11.0. The number of aromatic nitrogens is 1. The maximum Gasteiger partial charge on any atom is 0.291 e. The Labute approximate surface area is 109 Å². The number of carbonyl (C=O) groups is 1. The second-order valence-electron chi connectivity index (χ2n) is 4.89. The average Bonchev–Trinajstić information content (AvgIpc) is 2.70. The van der Waals surface area contributed by atoms with E-state index in [1.165, 1.54) is 0 Å². The Hall–Kier alpha value is -1.32. The molecule has 1 aromatic rings. The molecule has 0 spiro atoms. The largest absolute Gasteiger partial charge is 0.436 e. The molecule has 0 bridgehead atoms. The molecule has 4 heteroatoms. The fourth-order valence-electron chi connectivity index (χ4n) is 1.99. The van der Waals surface area contributed by atoms with Gasteiger partial charge in [-0.2, -0.15) is 0 Å². The second-order valence-corrected chi connectivity index (χ2v) is 4.89. The first-order valence-electron chi connectivity index (χ1n) is 6.77. The first-order valence-corrected chi connectivity index (χ1v) is 6.77. The van der Waals surface area contributed by atoms with E-state index in [0.717, 1.165) is 31.6 Å². The summed E-state index contributed by atoms with van der Waals surface area (Å²) in [6, 6.07) is 0. The number of rotatable bonds is 6. The van der Waals surface area contributed by atoms with Crippen molar-refractivity contribution < 1.29 is 9.21 Å². The molecule has 0 aromatic carbocycles. The molecule has 102 valence electrons. The van der Waals surface area contributed by atoms with Crippen molar-refractivity contribution in [1.29, 1.82) is 0 Å². The van der Waals surface area contributed by atoms with Crippen molar-refractivity contribution in [1.82, 2.24) is 9.88 Å². The summed E-state index contributed by atoms with van der Waals surface area (Å²) in [5.74, 6) is 1.16. The molecule has 0 fully saturated rings. The van der Waals surface area contributed by atoms with Gasteiger partial charge in [0.05, 0.1) is 5.69 Å². The molecule has 0 unspecified atom stereocenters. The molecule has 0 saturated carbocycles. The lowest BCUT2D eigenvalue weighted by Gasteiger charge is -2.20. The van der Waals surface area contributed by atoms with Crippen molar-refractivity contribution in [3.05, 3.63) is 17.3 Å². The Morgan fingerprint density at radius 1 is 1.28 bits per heavy atom. The van der Waals surface area contributed by atoms with Gasteiger partial charge < -0.3 is 9.32 Å². The molecule has 1 aromatic heterocycles. The van der Waals surface area contributed by atoms with Crippen LogP contribution in [0.3, 0.4) is 0 Å². The first kappa shape index (κ1) is 14.7. The summed E-state index contributed by atoms with van der Waals surface area (Å²) >= 11 is 0. The molecule has 18 heavy (non-hydrogen) atoms. The molecule has 0 atom stereocenters. The van der Waals surface area contributed by atoms with Gasteiger partial charge in [-0.05, 0) is 18.8 Å². The summed E-state index contributed by atoms with van der Waals surface area (Å²) in [5, 5.41) is 0. The van der Waals surface area contributed by atoms with Gasteiger partial charge in [0.25, 0.3) is 5.91 Å². The monoisotopic (exact) mass is 252 g/mol. The van der Waals surface area contributed by atoms with E-state index in [1.54, 1.807) is 6.92 Å². The lowest BCUT2D eigenvalue weighted by molar-refractivity contribution is 0.0720.